The van der Waals surface area contributed by atoms with E-state index in [0.717, 1.165) is 30.1 Å². The second kappa shape index (κ2) is 9.62. The van der Waals surface area contributed by atoms with Crippen LogP contribution in [-0.4, -0.2) is 72.8 Å². The summed E-state index contributed by atoms with van der Waals surface area (Å²) in [7, 11) is -2.88. The van der Waals surface area contributed by atoms with Crippen molar-refractivity contribution in [2.75, 3.05) is 37.7 Å². The lowest BCUT2D eigenvalue weighted by atomic mass is 10.1. The Kier molecular flexibility index (Phi) is 6.67. The van der Waals surface area contributed by atoms with Crippen molar-refractivity contribution in [2.24, 2.45) is 0 Å². The van der Waals surface area contributed by atoms with E-state index in [1.54, 1.807) is 18.3 Å². The zero-order valence-electron chi connectivity index (χ0n) is 17.4. The van der Waals surface area contributed by atoms with E-state index < -0.39 is 9.84 Å². The fraction of sp³-hybridized carbons (Fsp3) is 0.391. The van der Waals surface area contributed by atoms with Crippen molar-refractivity contribution in [3.8, 4) is 5.75 Å². The third-order valence-corrected chi connectivity index (χ3v) is 7.51. The first kappa shape index (κ1) is 21.5. The molecule has 1 aromatic carbocycles. The van der Waals surface area contributed by atoms with Crippen LogP contribution in [0.5, 0.6) is 5.75 Å². The number of hydrogen-bond donors (Lipinski definition) is 0. The highest BCUT2D eigenvalue weighted by Crippen LogP contribution is 2.19. The van der Waals surface area contributed by atoms with Gasteiger partial charge in [-0.2, -0.15) is 0 Å². The molecule has 31 heavy (non-hydrogen) atoms. The first-order valence-corrected chi connectivity index (χ1v) is 12.3. The van der Waals surface area contributed by atoms with Crippen LogP contribution in [-0.2, 0) is 21.2 Å². The lowest BCUT2D eigenvalue weighted by molar-refractivity contribution is -0.127. The maximum atomic E-state index is 12.5. The van der Waals surface area contributed by atoms with E-state index in [4.69, 9.17) is 4.74 Å². The van der Waals surface area contributed by atoms with Gasteiger partial charge in [-0.15, -0.1) is 0 Å². The van der Waals surface area contributed by atoms with E-state index in [0.29, 0.717) is 26.1 Å². The van der Waals surface area contributed by atoms with Crippen LogP contribution in [0.25, 0.3) is 6.08 Å². The predicted molar refractivity (Wildman–Crippen MR) is 119 cm³/mol. The second-order valence-corrected chi connectivity index (χ2v) is 10.2. The van der Waals surface area contributed by atoms with Crippen LogP contribution in [0.2, 0.25) is 0 Å². The topological polar surface area (TPSA) is 79.8 Å². The molecule has 2 saturated heterocycles. The Morgan fingerprint density at radius 3 is 2.52 bits per heavy atom. The number of benzene rings is 1. The molecule has 7 nitrogen and oxygen atoms in total. The first-order chi connectivity index (χ1) is 15.0. The molecule has 4 rings (SSSR count). The monoisotopic (exact) mass is 441 g/mol. The minimum atomic E-state index is -2.88. The molecule has 3 heterocycles. The van der Waals surface area contributed by atoms with Crippen LogP contribution >= 0.6 is 0 Å². The van der Waals surface area contributed by atoms with E-state index in [1.807, 2.05) is 47.4 Å². The van der Waals surface area contributed by atoms with Crippen LogP contribution in [0.4, 0.5) is 0 Å². The van der Waals surface area contributed by atoms with Gasteiger partial charge in [0.2, 0.25) is 5.91 Å². The Morgan fingerprint density at radius 2 is 1.87 bits per heavy atom. The molecule has 164 valence electrons. The van der Waals surface area contributed by atoms with Crippen LogP contribution in [0.15, 0.2) is 54.7 Å². The van der Waals surface area contributed by atoms with Gasteiger partial charge < -0.3 is 9.64 Å². The standard InChI is InChI=1S/C23H27N3O4S/c27-23(26-14-12-25(13-15-26)21-10-16-31(28,29)18-21)9-6-19-4-7-22(8-5-19)30-17-20-3-1-2-11-24-20/h1-9,11,21H,10,12-18H2/b9-6+. The summed E-state index contributed by atoms with van der Waals surface area (Å²) < 4.78 is 29.1. The smallest absolute Gasteiger partial charge is 0.246 e. The van der Waals surface area contributed by atoms with Crippen LogP contribution in [0.1, 0.15) is 17.7 Å². The van der Waals surface area contributed by atoms with Crippen LogP contribution < -0.4 is 4.74 Å². The van der Waals surface area contributed by atoms with Crippen molar-refractivity contribution in [3.05, 3.63) is 66.0 Å². The molecule has 0 saturated carbocycles. The largest absolute Gasteiger partial charge is 0.487 e. The van der Waals surface area contributed by atoms with E-state index in [2.05, 4.69) is 9.88 Å². The molecule has 8 heteroatoms. The number of aromatic nitrogens is 1. The van der Waals surface area contributed by atoms with Crippen LogP contribution in [0.3, 0.4) is 0 Å². The van der Waals surface area contributed by atoms with Gasteiger partial charge >= 0.3 is 0 Å². The highest BCUT2D eigenvalue weighted by molar-refractivity contribution is 7.91. The molecule has 1 amide bonds. The summed E-state index contributed by atoms with van der Waals surface area (Å²) >= 11 is 0. The second-order valence-electron chi connectivity index (χ2n) is 7.93. The van der Waals surface area contributed by atoms with Crippen molar-refractivity contribution >= 4 is 21.8 Å². The van der Waals surface area contributed by atoms with Gasteiger partial charge in [0.25, 0.3) is 0 Å². The number of pyridine rings is 1. The summed E-state index contributed by atoms with van der Waals surface area (Å²) in [6, 6.07) is 13.4. The van der Waals surface area contributed by atoms with Gasteiger partial charge in [0, 0.05) is 44.5 Å². The Morgan fingerprint density at radius 1 is 1.10 bits per heavy atom. The van der Waals surface area contributed by atoms with Gasteiger partial charge in [-0.25, -0.2) is 8.42 Å². The maximum absolute atomic E-state index is 12.5. The fourth-order valence-corrected chi connectivity index (χ4v) is 5.72. The molecule has 0 aliphatic carbocycles. The molecule has 1 atom stereocenters. The fourth-order valence-electron chi connectivity index (χ4n) is 3.96. The molecule has 0 N–H and O–H groups in total. The maximum Gasteiger partial charge on any atom is 0.246 e. The molecule has 2 fully saturated rings. The van der Waals surface area contributed by atoms with Gasteiger partial charge in [0.1, 0.15) is 12.4 Å². The number of carbonyl (C=O) groups excluding carboxylic acids is 1. The number of rotatable bonds is 6. The molecule has 0 spiro atoms. The summed E-state index contributed by atoms with van der Waals surface area (Å²) in [6.45, 7) is 3.11. The molecule has 0 bridgehead atoms. The lowest BCUT2D eigenvalue weighted by Gasteiger charge is -2.37. The average Bonchev–Trinajstić information content (AvgIpc) is 3.17. The van der Waals surface area contributed by atoms with E-state index >= 15 is 0 Å². The summed E-state index contributed by atoms with van der Waals surface area (Å²) in [6.07, 6.45) is 5.85. The molecule has 1 unspecified atom stereocenters. The van der Waals surface area contributed by atoms with Gasteiger partial charge in [-0.1, -0.05) is 18.2 Å². The summed E-state index contributed by atoms with van der Waals surface area (Å²) in [4.78, 5) is 20.8. The van der Waals surface area contributed by atoms with Gasteiger partial charge in [0.15, 0.2) is 9.84 Å². The average molecular weight is 442 g/mol. The highest BCUT2D eigenvalue weighted by atomic mass is 32.2. The number of carbonyl (C=O) groups is 1. The molecule has 2 aliphatic rings. The Hall–Kier alpha value is -2.71. The highest BCUT2D eigenvalue weighted by Gasteiger charge is 2.34. The SMILES string of the molecule is O=C(/C=C/c1ccc(OCc2ccccn2)cc1)N1CCN(C2CCS(=O)(=O)C2)CC1. The number of hydrogen-bond acceptors (Lipinski definition) is 6. The molecule has 1 aromatic heterocycles. The van der Waals surface area contributed by atoms with Crippen molar-refractivity contribution in [3.63, 3.8) is 0 Å². The van der Waals surface area contributed by atoms with Gasteiger partial charge in [-0.3, -0.25) is 14.7 Å². The van der Waals surface area contributed by atoms with Crippen molar-refractivity contribution in [1.82, 2.24) is 14.8 Å². The van der Waals surface area contributed by atoms with E-state index in [9.17, 15) is 13.2 Å². The van der Waals surface area contributed by atoms with Gasteiger partial charge in [-0.05, 0) is 42.3 Å². The Balaban J connectivity index is 1.24. The predicted octanol–water partition coefficient (Wildman–Crippen LogP) is 2.01. The number of nitrogens with zero attached hydrogens (tertiary/aromatic N) is 3. The molecule has 2 aromatic rings. The van der Waals surface area contributed by atoms with Crippen molar-refractivity contribution < 1.29 is 17.9 Å². The quantitative estimate of drug-likeness (QED) is 0.638. The third-order valence-electron chi connectivity index (χ3n) is 5.76. The van der Waals surface area contributed by atoms with Crippen molar-refractivity contribution in [2.45, 2.75) is 19.1 Å². The minimum absolute atomic E-state index is 0.0193. The zero-order chi connectivity index (χ0) is 21.7. The number of sulfone groups is 1. The van der Waals surface area contributed by atoms with Gasteiger partial charge in [0.05, 0.1) is 17.2 Å². The minimum Gasteiger partial charge on any atom is -0.487 e. The normalized spacial score (nSPS) is 21.4. The van der Waals surface area contributed by atoms with E-state index in [1.165, 1.54) is 0 Å². The Labute approximate surface area is 183 Å². The zero-order valence-corrected chi connectivity index (χ0v) is 18.2. The number of ether oxygens (including phenoxy) is 1. The third kappa shape index (κ3) is 5.92. The van der Waals surface area contributed by atoms with Crippen molar-refractivity contribution in [1.29, 1.82) is 0 Å². The Bertz CT molecular complexity index is 1010. The summed E-state index contributed by atoms with van der Waals surface area (Å²) in [5, 5.41) is 0. The molecular formula is C23H27N3O4S. The summed E-state index contributed by atoms with van der Waals surface area (Å²) in [5.74, 6) is 1.27. The van der Waals surface area contributed by atoms with E-state index in [-0.39, 0.29) is 23.5 Å². The molecule has 2 aliphatic heterocycles. The lowest BCUT2D eigenvalue weighted by Crippen LogP contribution is -2.52. The number of amides is 1. The number of piperazine rings is 1. The molecule has 0 radical (unpaired) electrons. The first-order valence-electron chi connectivity index (χ1n) is 10.5. The van der Waals surface area contributed by atoms with Crippen LogP contribution in [0, 0.1) is 0 Å². The molecular weight excluding hydrogens is 414 g/mol. The summed E-state index contributed by atoms with van der Waals surface area (Å²) in [5.41, 5.74) is 1.79.